The van der Waals surface area contributed by atoms with Crippen molar-refractivity contribution in [3.05, 3.63) is 71.3 Å². The van der Waals surface area contributed by atoms with Gasteiger partial charge >= 0.3 is 6.09 Å². The molecule has 0 heterocycles. The molecule has 2 aromatic carbocycles. The molecule has 2 atom stereocenters. The largest absolute Gasteiger partial charge is 0.445 e. The van der Waals surface area contributed by atoms with Crippen LogP contribution in [-0.4, -0.2) is 29.0 Å². The smallest absolute Gasteiger partial charge is 0.407 e. The number of hydrogen-bond acceptors (Lipinski definition) is 4. The van der Waals surface area contributed by atoms with Gasteiger partial charge in [-0.1, -0.05) is 70.5 Å². The summed E-state index contributed by atoms with van der Waals surface area (Å²) >= 11 is 3.35. The number of rotatable bonds is 7. The van der Waals surface area contributed by atoms with Crippen LogP contribution in [0.2, 0.25) is 0 Å². The number of benzene rings is 2. The Bertz CT molecular complexity index is 650. The van der Waals surface area contributed by atoms with Gasteiger partial charge in [-0.15, -0.1) is 0 Å². The van der Waals surface area contributed by atoms with Crippen LogP contribution in [0, 0.1) is 0 Å². The number of alkyl carbamates (subject to hydrolysis) is 1. The first-order valence-corrected chi connectivity index (χ1v) is 8.68. The summed E-state index contributed by atoms with van der Waals surface area (Å²) in [4.78, 5) is 11.7. The molecule has 6 heteroatoms. The molecule has 128 valence electrons. The predicted molar refractivity (Wildman–Crippen MR) is 94.7 cm³/mol. The van der Waals surface area contributed by atoms with Crippen molar-refractivity contribution in [1.29, 1.82) is 0 Å². The van der Waals surface area contributed by atoms with E-state index in [0.717, 1.165) is 11.1 Å². The van der Waals surface area contributed by atoms with Crippen molar-refractivity contribution < 1.29 is 19.7 Å². The van der Waals surface area contributed by atoms with Gasteiger partial charge in [-0.2, -0.15) is 0 Å². The second-order valence-electron chi connectivity index (χ2n) is 5.29. The molecule has 0 saturated heterocycles. The first kappa shape index (κ1) is 18.4. The van der Waals surface area contributed by atoms with Gasteiger partial charge < -0.3 is 20.3 Å². The zero-order valence-corrected chi connectivity index (χ0v) is 14.6. The molecule has 0 aliphatic carbocycles. The fourth-order valence-corrected chi connectivity index (χ4v) is 2.74. The summed E-state index contributed by atoms with van der Waals surface area (Å²) in [7, 11) is 0. The molecule has 0 radical (unpaired) electrons. The van der Waals surface area contributed by atoms with E-state index in [0.29, 0.717) is 10.9 Å². The molecule has 0 saturated carbocycles. The van der Waals surface area contributed by atoms with E-state index >= 15 is 0 Å². The Kier molecular flexibility index (Phi) is 7.24. The molecular weight excluding hydrogens is 374 g/mol. The summed E-state index contributed by atoms with van der Waals surface area (Å²) in [6.45, 7) is 0.0448. The second kappa shape index (κ2) is 9.42. The molecular formula is C18H20BrNO4. The number of carbonyl (C=O) groups excluding carboxylic acids is 1. The van der Waals surface area contributed by atoms with E-state index in [-0.39, 0.29) is 13.2 Å². The lowest BCUT2D eigenvalue weighted by Crippen LogP contribution is -2.36. The van der Waals surface area contributed by atoms with Crippen LogP contribution in [0.4, 0.5) is 4.79 Å². The van der Waals surface area contributed by atoms with E-state index in [2.05, 4.69) is 21.2 Å². The topological polar surface area (TPSA) is 78.8 Å². The summed E-state index contributed by atoms with van der Waals surface area (Å²) in [6.07, 6.45) is -2.86. The first-order valence-electron chi connectivity index (χ1n) is 7.56. The Labute approximate surface area is 149 Å². The average Bonchev–Trinajstić information content (AvgIpc) is 2.64. The molecule has 2 aromatic rings. The number of amides is 1. The van der Waals surface area contributed by atoms with Crippen LogP contribution in [0.3, 0.4) is 0 Å². The van der Waals surface area contributed by atoms with Crippen LogP contribution >= 0.6 is 15.9 Å². The molecule has 0 aliphatic rings. The van der Waals surface area contributed by atoms with Crippen molar-refractivity contribution in [3.63, 3.8) is 0 Å². The molecule has 0 aromatic heterocycles. The Morgan fingerprint density at radius 2 is 1.75 bits per heavy atom. The van der Waals surface area contributed by atoms with Gasteiger partial charge in [0.15, 0.2) is 0 Å². The van der Waals surface area contributed by atoms with Gasteiger partial charge in [0, 0.05) is 11.9 Å². The van der Waals surface area contributed by atoms with Crippen LogP contribution in [0.25, 0.3) is 0 Å². The normalized spacial score (nSPS) is 13.1. The number of aliphatic hydroxyl groups excluding tert-OH is 2. The number of ether oxygens (including phenoxy) is 1. The van der Waals surface area contributed by atoms with E-state index in [9.17, 15) is 15.0 Å². The van der Waals surface area contributed by atoms with Crippen molar-refractivity contribution in [2.24, 2.45) is 0 Å². The van der Waals surface area contributed by atoms with E-state index < -0.39 is 18.3 Å². The van der Waals surface area contributed by atoms with Gasteiger partial charge in [-0.3, -0.25) is 0 Å². The highest BCUT2D eigenvalue weighted by atomic mass is 79.9. The van der Waals surface area contributed by atoms with Crippen molar-refractivity contribution >= 4 is 22.0 Å². The third-order valence-corrected chi connectivity index (χ3v) is 4.15. The minimum Gasteiger partial charge on any atom is -0.445 e. The SMILES string of the molecule is O=C(NCC(O)C(O)c1ccccc1CBr)OCc1ccccc1. The fraction of sp³-hybridized carbons (Fsp3) is 0.278. The molecule has 2 unspecified atom stereocenters. The van der Waals surface area contributed by atoms with Crippen LogP contribution in [0.15, 0.2) is 54.6 Å². The lowest BCUT2D eigenvalue weighted by molar-refractivity contribution is 0.0180. The molecule has 0 fully saturated rings. The Hall–Kier alpha value is -1.89. The number of nitrogens with one attached hydrogen (secondary N) is 1. The highest BCUT2D eigenvalue weighted by molar-refractivity contribution is 9.08. The average molecular weight is 394 g/mol. The number of aliphatic hydroxyl groups is 2. The van der Waals surface area contributed by atoms with Gasteiger partial charge in [0.05, 0.1) is 0 Å². The van der Waals surface area contributed by atoms with Crippen LogP contribution in [0.5, 0.6) is 0 Å². The molecule has 1 amide bonds. The lowest BCUT2D eigenvalue weighted by atomic mass is 9.99. The van der Waals surface area contributed by atoms with Crippen molar-refractivity contribution in [2.75, 3.05) is 6.54 Å². The standard InChI is InChI=1S/C18H20BrNO4/c19-10-14-8-4-5-9-15(14)17(22)16(21)11-20-18(23)24-12-13-6-2-1-3-7-13/h1-9,16-17,21-22H,10-12H2,(H,20,23). The number of alkyl halides is 1. The van der Waals surface area contributed by atoms with Crippen LogP contribution in [0.1, 0.15) is 22.8 Å². The molecule has 5 nitrogen and oxygen atoms in total. The fourth-order valence-electron chi connectivity index (χ4n) is 2.23. The highest BCUT2D eigenvalue weighted by Crippen LogP contribution is 2.22. The maximum absolute atomic E-state index is 11.7. The molecule has 0 aliphatic heterocycles. The first-order chi connectivity index (χ1) is 11.6. The van der Waals surface area contributed by atoms with Crippen molar-refractivity contribution in [1.82, 2.24) is 5.32 Å². The summed E-state index contributed by atoms with van der Waals surface area (Å²) < 4.78 is 5.06. The molecule has 24 heavy (non-hydrogen) atoms. The van der Waals surface area contributed by atoms with Crippen LogP contribution in [-0.2, 0) is 16.7 Å². The third kappa shape index (κ3) is 5.33. The maximum atomic E-state index is 11.7. The minimum absolute atomic E-state index is 0.106. The number of halogens is 1. The molecule has 3 N–H and O–H groups in total. The van der Waals surface area contributed by atoms with Crippen molar-refractivity contribution in [2.45, 2.75) is 24.1 Å². The Morgan fingerprint density at radius 3 is 2.46 bits per heavy atom. The molecule has 0 bridgehead atoms. The molecule has 0 spiro atoms. The van der Waals surface area contributed by atoms with Gasteiger partial charge in [-0.25, -0.2) is 4.79 Å². The Morgan fingerprint density at radius 1 is 1.08 bits per heavy atom. The monoisotopic (exact) mass is 393 g/mol. The quantitative estimate of drug-likeness (QED) is 0.631. The van der Waals surface area contributed by atoms with E-state index in [1.807, 2.05) is 42.5 Å². The number of carbonyl (C=O) groups is 1. The van der Waals surface area contributed by atoms with E-state index in [1.165, 1.54) is 0 Å². The summed E-state index contributed by atoms with van der Waals surface area (Å²) in [5, 5.41) is 23.4. The van der Waals surface area contributed by atoms with Gasteiger partial charge in [0.2, 0.25) is 0 Å². The van der Waals surface area contributed by atoms with Crippen molar-refractivity contribution in [3.8, 4) is 0 Å². The lowest BCUT2D eigenvalue weighted by Gasteiger charge is -2.20. The summed E-state index contributed by atoms with van der Waals surface area (Å²) in [5.74, 6) is 0. The zero-order chi connectivity index (χ0) is 17.4. The Balaban J connectivity index is 1.81. The van der Waals surface area contributed by atoms with Crippen LogP contribution < -0.4 is 5.32 Å². The molecule has 2 rings (SSSR count). The van der Waals surface area contributed by atoms with E-state index in [1.54, 1.807) is 12.1 Å². The maximum Gasteiger partial charge on any atom is 0.407 e. The van der Waals surface area contributed by atoms with Gasteiger partial charge in [-0.05, 0) is 16.7 Å². The van der Waals surface area contributed by atoms with Gasteiger partial charge in [0.25, 0.3) is 0 Å². The zero-order valence-electron chi connectivity index (χ0n) is 13.1. The number of hydrogen-bond donors (Lipinski definition) is 3. The summed E-state index contributed by atoms with van der Waals surface area (Å²) in [6, 6.07) is 16.6. The summed E-state index contributed by atoms with van der Waals surface area (Å²) in [5.41, 5.74) is 2.39. The third-order valence-electron chi connectivity index (χ3n) is 3.55. The predicted octanol–water partition coefficient (Wildman–Crippen LogP) is 2.90. The minimum atomic E-state index is -1.13. The van der Waals surface area contributed by atoms with E-state index in [4.69, 9.17) is 4.74 Å². The highest BCUT2D eigenvalue weighted by Gasteiger charge is 2.21. The van der Waals surface area contributed by atoms with Gasteiger partial charge in [0.1, 0.15) is 18.8 Å². The second-order valence-corrected chi connectivity index (χ2v) is 5.85.